The number of rotatable bonds is 6. The Labute approximate surface area is 161 Å². The first kappa shape index (κ1) is 19.0. The summed E-state index contributed by atoms with van der Waals surface area (Å²) >= 11 is 1.22. The summed E-state index contributed by atoms with van der Waals surface area (Å²) in [5.41, 5.74) is -0.254. The molecule has 3 heterocycles. The van der Waals surface area contributed by atoms with Crippen LogP contribution in [0.1, 0.15) is 16.2 Å². The van der Waals surface area contributed by atoms with E-state index in [1.165, 1.54) is 11.3 Å². The number of carbonyl (C=O) groups is 2. The molecule has 10 nitrogen and oxygen atoms in total. The fraction of sp³-hybridized carbons (Fsp3) is 0.118. The van der Waals surface area contributed by atoms with Crippen molar-refractivity contribution in [3.05, 3.63) is 56.9 Å². The molecule has 0 atom stereocenters. The number of nitrogens with zero attached hydrogens (tertiary/aromatic N) is 2. The van der Waals surface area contributed by atoms with Gasteiger partial charge in [-0.05, 0) is 12.1 Å². The predicted molar refractivity (Wildman–Crippen MR) is 102 cm³/mol. The summed E-state index contributed by atoms with van der Waals surface area (Å²) in [5, 5.41) is 27.1. The molecule has 0 saturated heterocycles. The average Bonchev–Trinajstić information content (AvgIpc) is 3.12. The van der Waals surface area contributed by atoms with Crippen molar-refractivity contribution in [1.29, 1.82) is 0 Å². The molecule has 5 N–H and O–H groups in total. The Bertz CT molecular complexity index is 1060. The summed E-state index contributed by atoms with van der Waals surface area (Å²) in [6.07, 6.45) is 2.23. The summed E-state index contributed by atoms with van der Waals surface area (Å²) < 4.78 is 0. The van der Waals surface area contributed by atoms with Gasteiger partial charge >= 0.3 is 12.0 Å². The maximum Gasteiger partial charge on any atom is 0.358 e. The van der Waals surface area contributed by atoms with Gasteiger partial charge in [-0.15, -0.1) is 11.3 Å². The van der Waals surface area contributed by atoms with Gasteiger partial charge in [0.05, 0.1) is 11.3 Å². The molecule has 0 radical (unpaired) electrons. The summed E-state index contributed by atoms with van der Waals surface area (Å²) in [6, 6.07) is 5.04. The van der Waals surface area contributed by atoms with Crippen molar-refractivity contribution in [3.8, 4) is 17.1 Å². The second-order valence-electron chi connectivity index (χ2n) is 5.57. The first-order valence-electron chi connectivity index (χ1n) is 8.03. The smallest absolute Gasteiger partial charge is 0.358 e. The number of pyridine rings is 1. The third kappa shape index (κ3) is 4.32. The van der Waals surface area contributed by atoms with Gasteiger partial charge in [-0.1, -0.05) is 6.07 Å². The fourth-order valence-electron chi connectivity index (χ4n) is 2.34. The number of carboxylic acid groups (broad SMARTS) is 1. The number of carbonyl (C=O) groups excluding carboxylic acids is 1. The number of aromatic hydroxyl groups is 1. The molecule has 2 amide bonds. The number of aromatic nitrogens is 3. The van der Waals surface area contributed by atoms with E-state index in [0.717, 1.165) is 5.69 Å². The molecule has 3 aromatic rings. The van der Waals surface area contributed by atoms with Crippen LogP contribution < -0.4 is 16.2 Å². The number of nitrogens with one attached hydrogen (secondary N) is 3. The lowest BCUT2D eigenvalue weighted by atomic mass is 10.2. The van der Waals surface area contributed by atoms with Crippen molar-refractivity contribution in [2.75, 3.05) is 11.9 Å². The standard InChI is InChI=1S/C17H15N5O5S/c23-13-12(16(25)26)21-14(22-15(13)24)10-7-28-8-11(10)20-17(27)19-6-4-9-3-1-2-5-18-9/h1-3,5,7-8,23H,4,6H2,(H,25,26)(H2,19,20,27)(H,21,22,24). The number of aromatic carboxylic acids is 1. The van der Waals surface area contributed by atoms with Crippen LogP contribution in [0.3, 0.4) is 0 Å². The van der Waals surface area contributed by atoms with Crippen LogP contribution in [-0.4, -0.2) is 43.7 Å². The molecule has 3 rings (SSSR count). The van der Waals surface area contributed by atoms with Crippen LogP contribution in [0.4, 0.5) is 10.5 Å². The van der Waals surface area contributed by atoms with E-state index in [0.29, 0.717) is 24.2 Å². The number of anilines is 1. The molecule has 144 valence electrons. The highest BCUT2D eigenvalue weighted by Gasteiger charge is 2.19. The maximum absolute atomic E-state index is 12.1. The minimum absolute atomic E-state index is 0.0785. The van der Waals surface area contributed by atoms with E-state index in [9.17, 15) is 19.5 Å². The summed E-state index contributed by atoms with van der Waals surface area (Å²) in [7, 11) is 0. The highest BCUT2D eigenvalue weighted by Crippen LogP contribution is 2.29. The molecule has 11 heteroatoms. The molecule has 0 aliphatic rings. The van der Waals surface area contributed by atoms with E-state index in [4.69, 9.17) is 5.11 Å². The molecule has 28 heavy (non-hydrogen) atoms. The fourth-order valence-corrected chi connectivity index (χ4v) is 3.10. The Morgan fingerprint density at radius 3 is 2.79 bits per heavy atom. The third-order valence-corrected chi connectivity index (χ3v) is 4.40. The lowest BCUT2D eigenvalue weighted by Crippen LogP contribution is -2.30. The summed E-state index contributed by atoms with van der Waals surface area (Å²) in [6.45, 7) is 0.361. The zero-order chi connectivity index (χ0) is 20.1. The maximum atomic E-state index is 12.1. The number of carboxylic acids is 1. The lowest BCUT2D eigenvalue weighted by Gasteiger charge is -2.09. The Balaban J connectivity index is 1.71. The minimum Gasteiger partial charge on any atom is -0.501 e. The molecule has 0 saturated carbocycles. The van der Waals surface area contributed by atoms with Crippen LogP contribution in [0, 0.1) is 0 Å². The van der Waals surface area contributed by atoms with Gasteiger partial charge in [0.25, 0.3) is 5.56 Å². The van der Waals surface area contributed by atoms with Crippen molar-refractivity contribution in [1.82, 2.24) is 20.3 Å². The van der Waals surface area contributed by atoms with E-state index in [-0.39, 0.29) is 5.82 Å². The zero-order valence-electron chi connectivity index (χ0n) is 14.3. The molecule has 0 aliphatic carbocycles. The summed E-state index contributed by atoms with van der Waals surface area (Å²) in [4.78, 5) is 45.2. The first-order chi connectivity index (χ1) is 13.5. The van der Waals surface area contributed by atoms with Gasteiger partial charge in [0.2, 0.25) is 5.75 Å². The number of hydrogen-bond acceptors (Lipinski definition) is 7. The Morgan fingerprint density at radius 2 is 2.07 bits per heavy atom. The number of hydrogen-bond donors (Lipinski definition) is 5. The van der Waals surface area contributed by atoms with Crippen LogP contribution >= 0.6 is 11.3 Å². The normalized spacial score (nSPS) is 10.4. The van der Waals surface area contributed by atoms with Crippen molar-refractivity contribution in [2.24, 2.45) is 0 Å². The van der Waals surface area contributed by atoms with Gasteiger partial charge < -0.3 is 25.8 Å². The zero-order valence-corrected chi connectivity index (χ0v) is 15.1. The molecule has 0 unspecified atom stereocenters. The van der Waals surface area contributed by atoms with Crippen LogP contribution in [0.5, 0.6) is 5.75 Å². The monoisotopic (exact) mass is 401 g/mol. The number of aromatic amines is 1. The van der Waals surface area contributed by atoms with E-state index in [2.05, 4.69) is 25.6 Å². The van der Waals surface area contributed by atoms with Crippen molar-refractivity contribution < 1.29 is 19.8 Å². The number of amides is 2. The lowest BCUT2D eigenvalue weighted by molar-refractivity contribution is 0.0686. The SMILES string of the molecule is O=C(NCCc1ccccn1)Nc1cscc1-c1nc(C(=O)O)c(O)c(=O)[nH]1. The molecular weight excluding hydrogens is 386 g/mol. The van der Waals surface area contributed by atoms with Crippen molar-refractivity contribution in [3.63, 3.8) is 0 Å². The average molecular weight is 401 g/mol. The van der Waals surface area contributed by atoms with Gasteiger partial charge in [-0.3, -0.25) is 9.78 Å². The predicted octanol–water partition coefficient (Wildman–Crippen LogP) is 1.66. The van der Waals surface area contributed by atoms with Crippen LogP contribution in [0.25, 0.3) is 11.4 Å². The van der Waals surface area contributed by atoms with E-state index in [1.54, 1.807) is 23.0 Å². The van der Waals surface area contributed by atoms with E-state index in [1.807, 2.05) is 12.1 Å². The molecule has 0 aliphatic heterocycles. The van der Waals surface area contributed by atoms with E-state index >= 15 is 0 Å². The number of urea groups is 1. The van der Waals surface area contributed by atoms with Gasteiger partial charge in [0.1, 0.15) is 5.82 Å². The van der Waals surface area contributed by atoms with Crippen molar-refractivity contribution >= 4 is 29.0 Å². The molecule has 0 bridgehead atoms. The Hall–Kier alpha value is -3.73. The van der Waals surface area contributed by atoms with Gasteiger partial charge in [-0.25, -0.2) is 14.6 Å². The van der Waals surface area contributed by atoms with Crippen LogP contribution in [0.2, 0.25) is 0 Å². The Morgan fingerprint density at radius 1 is 1.25 bits per heavy atom. The van der Waals surface area contributed by atoms with Gasteiger partial charge in [0, 0.05) is 35.6 Å². The largest absolute Gasteiger partial charge is 0.501 e. The van der Waals surface area contributed by atoms with Gasteiger partial charge in [0.15, 0.2) is 5.69 Å². The Kier molecular flexibility index (Phi) is 5.65. The van der Waals surface area contributed by atoms with E-state index < -0.39 is 29.0 Å². The summed E-state index contributed by atoms with van der Waals surface area (Å²) in [5.74, 6) is -2.60. The van der Waals surface area contributed by atoms with Gasteiger partial charge in [-0.2, -0.15) is 0 Å². The molecular formula is C17H15N5O5S. The van der Waals surface area contributed by atoms with Crippen LogP contribution in [-0.2, 0) is 6.42 Å². The second-order valence-corrected chi connectivity index (χ2v) is 6.31. The minimum atomic E-state index is -1.54. The van der Waals surface area contributed by atoms with Crippen molar-refractivity contribution in [2.45, 2.75) is 6.42 Å². The quantitative estimate of drug-likeness (QED) is 0.420. The third-order valence-electron chi connectivity index (χ3n) is 3.66. The van der Waals surface area contributed by atoms with Crippen LogP contribution in [0.15, 0.2) is 40.0 Å². The molecule has 0 spiro atoms. The topological polar surface area (TPSA) is 157 Å². The highest BCUT2D eigenvalue weighted by molar-refractivity contribution is 7.08. The molecule has 0 fully saturated rings. The number of thiophene rings is 1. The first-order valence-corrected chi connectivity index (χ1v) is 8.98. The molecule has 0 aromatic carbocycles. The highest BCUT2D eigenvalue weighted by atomic mass is 32.1. The number of H-pyrrole nitrogens is 1. The molecule has 3 aromatic heterocycles. The second kappa shape index (κ2) is 8.31.